The second kappa shape index (κ2) is 5.95. The van der Waals surface area contributed by atoms with Crippen molar-refractivity contribution >= 4 is 40.7 Å². The molecule has 2 rings (SSSR count). The van der Waals surface area contributed by atoms with Gasteiger partial charge >= 0.3 is 6.18 Å². The van der Waals surface area contributed by atoms with E-state index in [1.165, 1.54) is 12.1 Å². The van der Waals surface area contributed by atoms with Crippen LogP contribution in [-0.2, 0) is 6.18 Å². The first-order valence-electron chi connectivity index (χ1n) is 5.65. The maximum Gasteiger partial charge on any atom is 0.433 e. The number of aromatic nitrogens is 1. The topological polar surface area (TPSA) is 56.0 Å². The zero-order chi connectivity index (χ0) is 16.7. The van der Waals surface area contributed by atoms with Crippen molar-refractivity contribution in [2.75, 3.05) is 0 Å². The number of hydrogen-bond acceptors (Lipinski definition) is 2. The quantitative estimate of drug-likeness (QED) is 0.771. The summed E-state index contributed by atoms with van der Waals surface area (Å²) in [6.07, 6.45) is -4.71. The first kappa shape index (κ1) is 16.9. The van der Waals surface area contributed by atoms with Crippen LogP contribution in [0, 0.1) is 0 Å². The fourth-order valence-electron chi connectivity index (χ4n) is 1.75. The SMILES string of the molecule is NC(=O)c1ccc(C(F)(F)F)nc1-c1c(Cl)ccc(Cl)c1Cl. The molecule has 116 valence electrons. The number of carbonyl (C=O) groups excluding carboxylic acids is 1. The second-order valence-electron chi connectivity index (χ2n) is 4.17. The lowest BCUT2D eigenvalue weighted by Gasteiger charge is -2.14. The predicted octanol–water partition coefficient (Wildman–Crippen LogP) is 4.83. The molecule has 0 atom stereocenters. The number of primary amides is 1. The molecule has 0 bridgehead atoms. The minimum atomic E-state index is -4.71. The minimum absolute atomic E-state index is 0.0104. The third-order valence-electron chi connectivity index (χ3n) is 2.73. The molecule has 1 aromatic carbocycles. The maximum absolute atomic E-state index is 12.8. The van der Waals surface area contributed by atoms with Crippen molar-refractivity contribution < 1.29 is 18.0 Å². The van der Waals surface area contributed by atoms with Crippen LogP contribution in [0.5, 0.6) is 0 Å². The molecular formula is C13H6Cl3F3N2O. The van der Waals surface area contributed by atoms with Crippen LogP contribution in [0.1, 0.15) is 16.1 Å². The number of amides is 1. The lowest BCUT2D eigenvalue weighted by molar-refractivity contribution is -0.141. The van der Waals surface area contributed by atoms with Gasteiger partial charge < -0.3 is 5.73 Å². The summed E-state index contributed by atoms with van der Waals surface area (Å²) < 4.78 is 38.5. The molecule has 1 aromatic heterocycles. The van der Waals surface area contributed by atoms with Crippen molar-refractivity contribution in [3.8, 4) is 11.3 Å². The van der Waals surface area contributed by atoms with Crippen molar-refractivity contribution in [2.24, 2.45) is 5.73 Å². The van der Waals surface area contributed by atoms with Crippen molar-refractivity contribution in [1.29, 1.82) is 0 Å². The molecule has 2 aromatic rings. The van der Waals surface area contributed by atoms with E-state index in [-0.39, 0.29) is 31.9 Å². The molecule has 0 spiro atoms. The number of benzene rings is 1. The number of alkyl halides is 3. The summed E-state index contributed by atoms with van der Waals surface area (Å²) >= 11 is 17.8. The van der Waals surface area contributed by atoms with Crippen molar-refractivity contribution in [1.82, 2.24) is 4.98 Å². The molecule has 0 unspecified atom stereocenters. The summed E-state index contributed by atoms with van der Waals surface area (Å²) in [6.45, 7) is 0. The van der Waals surface area contributed by atoms with Crippen LogP contribution in [0.2, 0.25) is 15.1 Å². The Hall–Kier alpha value is -1.50. The van der Waals surface area contributed by atoms with E-state index in [0.717, 1.165) is 6.07 Å². The summed E-state index contributed by atoms with van der Waals surface area (Å²) in [5.41, 5.74) is 3.25. The molecule has 0 aliphatic heterocycles. The Labute approximate surface area is 137 Å². The number of pyridine rings is 1. The van der Waals surface area contributed by atoms with Gasteiger partial charge in [0.05, 0.1) is 26.3 Å². The number of carbonyl (C=O) groups is 1. The minimum Gasteiger partial charge on any atom is -0.366 e. The molecular weight excluding hydrogens is 364 g/mol. The average molecular weight is 370 g/mol. The second-order valence-corrected chi connectivity index (χ2v) is 5.37. The summed E-state index contributed by atoms with van der Waals surface area (Å²) in [6, 6.07) is 4.27. The van der Waals surface area contributed by atoms with E-state index in [1.54, 1.807) is 0 Å². The molecule has 22 heavy (non-hydrogen) atoms. The summed E-state index contributed by atoms with van der Waals surface area (Å²) in [7, 11) is 0. The van der Waals surface area contributed by atoms with Crippen LogP contribution < -0.4 is 5.73 Å². The van der Waals surface area contributed by atoms with E-state index < -0.39 is 17.8 Å². The molecule has 2 N–H and O–H groups in total. The van der Waals surface area contributed by atoms with Crippen LogP contribution in [0.15, 0.2) is 24.3 Å². The van der Waals surface area contributed by atoms with E-state index >= 15 is 0 Å². The maximum atomic E-state index is 12.8. The van der Waals surface area contributed by atoms with Crippen LogP contribution in [0.25, 0.3) is 11.3 Å². The van der Waals surface area contributed by atoms with Gasteiger partial charge in [-0.3, -0.25) is 4.79 Å². The van der Waals surface area contributed by atoms with Gasteiger partial charge in [-0.25, -0.2) is 4.98 Å². The summed E-state index contributed by atoms with van der Waals surface area (Å²) in [5.74, 6) is -0.969. The Morgan fingerprint density at radius 3 is 2.18 bits per heavy atom. The van der Waals surface area contributed by atoms with Crippen LogP contribution in [-0.4, -0.2) is 10.9 Å². The molecule has 1 amide bonds. The van der Waals surface area contributed by atoms with Gasteiger partial charge in [-0.05, 0) is 24.3 Å². The molecule has 0 saturated heterocycles. The monoisotopic (exact) mass is 368 g/mol. The van der Waals surface area contributed by atoms with Crippen molar-refractivity contribution in [3.05, 3.63) is 50.6 Å². The molecule has 9 heteroatoms. The molecule has 0 radical (unpaired) electrons. The third kappa shape index (κ3) is 3.14. The van der Waals surface area contributed by atoms with Gasteiger partial charge in [0.15, 0.2) is 0 Å². The molecule has 1 heterocycles. The Morgan fingerprint density at radius 2 is 1.64 bits per heavy atom. The Morgan fingerprint density at radius 1 is 1.05 bits per heavy atom. The molecule has 3 nitrogen and oxygen atoms in total. The van der Waals surface area contributed by atoms with E-state index in [4.69, 9.17) is 40.5 Å². The lowest BCUT2D eigenvalue weighted by Crippen LogP contribution is -2.16. The zero-order valence-corrected chi connectivity index (χ0v) is 12.8. The van der Waals surface area contributed by atoms with E-state index in [0.29, 0.717) is 6.07 Å². The smallest absolute Gasteiger partial charge is 0.366 e. The normalized spacial score (nSPS) is 11.5. The predicted molar refractivity (Wildman–Crippen MR) is 78.2 cm³/mol. The van der Waals surface area contributed by atoms with Gasteiger partial charge in [0.1, 0.15) is 5.69 Å². The zero-order valence-electron chi connectivity index (χ0n) is 10.5. The standard InChI is InChI=1S/C13H6Cl3F3N2O/c14-6-2-3-7(15)10(16)9(6)11-5(12(20)22)1-4-8(21-11)13(17,18)19/h1-4H,(H2,20,22). The first-order chi connectivity index (χ1) is 10.1. The fraction of sp³-hybridized carbons (Fsp3) is 0.0769. The highest BCUT2D eigenvalue weighted by Gasteiger charge is 2.34. The summed E-state index contributed by atoms with van der Waals surface area (Å²) in [4.78, 5) is 14.9. The summed E-state index contributed by atoms with van der Waals surface area (Å²) in [5, 5.41) is -0.0806. The largest absolute Gasteiger partial charge is 0.433 e. The van der Waals surface area contributed by atoms with Crippen LogP contribution in [0.3, 0.4) is 0 Å². The van der Waals surface area contributed by atoms with Gasteiger partial charge in [0, 0.05) is 5.56 Å². The lowest BCUT2D eigenvalue weighted by atomic mass is 10.0. The molecule has 0 aliphatic carbocycles. The van der Waals surface area contributed by atoms with Crippen molar-refractivity contribution in [2.45, 2.75) is 6.18 Å². The Kier molecular flexibility index (Phi) is 4.56. The van der Waals surface area contributed by atoms with Gasteiger partial charge in [-0.2, -0.15) is 13.2 Å². The van der Waals surface area contributed by atoms with Crippen LogP contribution in [0.4, 0.5) is 13.2 Å². The number of hydrogen-bond donors (Lipinski definition) is 1. The van der Waals surface area contributed by atoms with Gasteiger partial charge in [-0.15, -0.1) is 0 Å². The Balaban J connectivity index is 2.83. The van der Waals surface area contributed by atoms with E-state index in [2.05, 4.69) is 4.98 Å². The Bertz CT molecular complexity index is 763. The van der Waals surface area contributed by atoms with Crippen molar-refractivity contribution in [3.63, 3.8) is 0 Å². The highest BCUT2D eigenvalue weighted by atomic mass is 35.5. The highest BCUT2D eigenvalue weighted by Crippen LogP contribution is 2.40. The van der Waals surface area contributed by atoms with Gasteiger partial charge in [0.2, 0.25) is 0 Å². The first-order valence-corrected chi connectivity index (χ1v) is 6.78. The number of rotatable bonds is 2. The number of halogens is 6. The number of nitrogens with zero attached hydrogens (tertiary/aromatic N) is 1. The molecule has 0 saturated carbocycles. The average Bonchev–Trinajstić information content (AvgIpc) is 2.42. The van der Waals surface area contributed by atoms with E-state index in [9.17, 15) is 18.0 Å². The fourth-order valence-corrected chi connectivity index (χ4v) is 2.46. The van der Waals surface area contributed by atoms with Crippen LogP contribution >= 0.6 is 34.8 Å². The van der Waals surface area contributed by atoms with E-state index in [1.807, 2.05) is 0 Å². The highest BCUT2D eigenvalue weighted by molar-refractivity contribution is 6.46. The van der Waals surface area contributed by atoms with Gasteiger partial charge in [-0.1, -0.05) is 34.8 Å². The molecule has 0 aliphatic rings. The molecule has 0 fully saturated rings. The third-order valence-corrected chi connectivity index (χ3v) is 3.85. The van der Waals surface area contributed by atoms with Gasteiger partial charge in [0.25, 0.3) is 5.91 Å². The number of nitrogens with two attached hydrogens (primary N) is 1.